The Hall–Kier alpha value is -4.09. The van der Waals surface area contributed by atoms with E-state index >= 15 is 0 Å². The summed E-state index contributed by atoms with van der Waals surface area (Å²) in [5.74, 6) is 0.774. The highest BCUT2D eigenvalue weighted by Crippen LogP contribution is 2.43. The van der Waals surface area contributed by atoms with Crippen LogP contribution in [0.5, 0.6) is 11.5 Å². The van der Waals surface area contributed by atoms with Crippen molar-refractivity contribution < 1.29 is 14.3 Å². The normalized spacial score (nSPS) is 10.7. The number of carbonyl (C=O) groups is 1. The molecule has 4 aromatic rings. The van der Waals surface area contributed by atoms with Crippen molar-refractivity contribution >= 4 is 38.8 Å². The number of methoxy groups -OCH3 is 2. The molecular formula is C24H20N4O3S. The van der Waals surface area contributed by atoms with Gasteiger partial charge in [-0.25, -0.2) is 4.98 Å². The summed E-state index contributed by atoms with van der Waals surface area (Å²) in [6, 6.07) is 14.7. The number of anilines is 2. The van der Waals surface area contributed by atoms with Gasteiger partial charge in [-0.05, 0) is 30.7 Å². The summed E-state index contributed by atoms with van der Waals surface area (Å²) >= 11 is 1.15. The highest BCUT2D eigenvalue weighted by molar-refractivity contribution is 7.21. The lowest BCUT2D eigenvalue weighted by molar-refractivity contribution is 0.104. The molecule has 7 nitrogen and oxygen atoms in total. The molecule has 0 amide bonds. The second-order valence-corrected chi connectivity index (χ2v) is 8.15. The maximum absolute atomic E-state index is 13.3. The lowest BCUT2D eigenvalue weighted by atomic mass is 9.96. The average Bonchev–Trinajstić information content (AvgIpc) is 3.13. The number of hydrogen-bond donors (Lipinski definition) is 2. The van der Waals surface area contributed by atoms with Crippen LogP contribution in [0.15, 0.2) is 42.5 Å². The lowest BCUT2D eigenvalue weighted by Crippen LogP contribution is -2.03. The number of pyridine rings is 1. The van der Waals surface area contributed by atoms with Crippen molar-refractivity contribution in [2.75, 3.05) is 25.7 Å². The quantitative estimate of drug-likeness (QED) is 0.432. The first-order valence-corrected chi connectivity index (χ1v) is 10.5. The van der Waals surface area contributed by atoms with Crippen molar-refractivity contribution in [3.8, 4) is 28.7 Å². The van der Waals surface area contributed by atoms with Crippen molar-refractivity contribution in [2.45, 2.75) is 6.92 Å². The number of benzene rings is 2. The molecule has 2 aromatic carbocycles. The standard InChI is InChI=1S/C24H20N4O3S/c1-12-4-6-13(7-5-12)18-15(11-25)23(27)28-24-19(18)20(26)22(32-24)21(29)14-8-9-16(30-2)17(10-14)31-3/h4-10H,26H2,1-3H3,(H2,27,28). The molecule has 8 heteroatoms. The van der Waals surface area contributed by atoms with Gasteiger partial charge in [0.1, 0.15) is 27.2 Å². The summed E-state index contributed by atoms with van der Waals surface area (Å²) in [4.78, 5) is 18.5. The van der Waals surface area contributed by atoms with E-state index in [4.69, 9.17) is 20.9 Å². The summed E-state index contributed by atoms with van der Waals surface area (Å²) < 4.78 is 10.6. The van der Waals surface area contributed by atoms with Crippen LogP contribution in [0.2, 0.25) is 0 Å². The number of fused-ring (bicyclic) bond motifs is 1. The zero-order valence-electron chi connectivity index (χ0n) is 17.7. The van der Waals surface area contributed by atoms with E-state index in [1.54, 1.807) is 18.2 Å². The first-order valence-electron chi connectivity index (χ1n) is 9.64. The van der Waals surface area contributed by atoms with Gasteiger partial charge in [-0.15, -0.1) is 11.3 Å². The highest BCUT2D eigenvalue weighted by atomic mass is 32.1. The molecule has 4 N–H and O–H groups in total. The fourth-order valence-corrected chi connectivity index (χ4v) is 4.64. The van der Waals surface area contributed by atoms with Crippen LogP contribution >= 0.6 is 11.3 Å². The monoisotopic (exact) mass is 444 g/mol. The van der Waals surface area contributed by atoms with Crippen molar-refractivity contribution in [3.63, 3.8) is 0 Å². The first kappa shape index (κ1) is 21.2. The molecule has 2 heterocycles. The van der Waals surface area contributed by atoms with E-state index in [1.807, 2.05) is 31.2 Å². The third kappa shape index (κ3) is 3.39. The van der Waals surface area contributed by atoms with Gasteiger partial charge in [-0.1, -0.05) is 29.8 Å². The summed E-state index contributed by atoms with van der Waals surface area (Å²) in [5, 5.41) is 10.3. The van der Waals surface area contributed by atoms with E-state index in [0.717, 1.165) is 22.5 Å². The van der Waals surface area contributed by atoms with E-state index in [2.05, 4.69) is 11.1 Å². The average molecular weight is 445 g/mol. The predicted octanol–water partition coefficient (Wildman–Crippen LogP) is 4.56. The smallest absolute Gasteiger partial charge is 0.205 e. The number of carbonyl (C=O) groups excluding carboxylic acids is 1. The number of ketones is 1. The third-order valence-electron chi connectivity index (χ3n) is 5.21. The fraction of sp³-hybridized carbons (Fsp3) is 0.125. The molecule has 0 aliphatic carbocycles. The molecule has 0 aliphatic rings. The lowest BCUT2D eigenvalue weighted by Gasteiger charge is -2.10. The third-order valence-corrected chi connectivity index (χ3v) is 6.31. The number of rotatable bonds is 5. The number of aromatic nitrogens is 1. The molecule has 0 unspecified atom stereocenters. The van der Waals surface area contributed by atoms with Crippen molar-refractivity contribution in [3.05, 3.63) is 64.0 Å². The van der Waals surface area contributed by atoms with Crippen molar-refractivity contribution in [1.29, 1.82) is 5.26 Å². The molecule has 0 spiro atoms. The summed E-state index contributed by atoms with van der Waals surface area (Å²) in [5.41, 5.74) is 15.9. The second-order valence-electron chi connectivity index (χ2n) is 7.15. The van der Waals surface area contributed by atoms with Gasteiger partial charge >= 0.3 is 0 Å². The summed E-state index contributed by atoms with van der Waals surface area (Å²) in [6.07, 6.45) is 0. The maximum Gasteiger partial charge on any atom is 0.205 e. The highest BCUT2D eigenvalue weighted by Gasteiger charge is 2.25. The van der Waals surface area contributed by atoms with Crippen molar-refractivity contribution in [1.82, 2.24) is 4.98 Å². The van der Waals surface area contributed by atoms with E-state index in [1.165, 1.54) is 14.2 Å². The van der Waals surface area contributed by atoms with Crippen LogP contribution in [0, 0.1) is 18.3 Å². The largest absolute Gasteiger partial charge is 0.493 e. The minimum absolute atomic E-state index is 0.0990. The maximum atomic E-state index is 13.3. The van der Waals surface area contributed by atoms with Crippen LogP contribution in [-0.2, 0) is 0 Å². The number of ether oxygens (including phenoxy) is 2. The van der Waals surface area contributed by atoms with Gasteiger partial charge in [-0.2, -0.15) is 5.26 Å². The van der Waals surface area contributed by atoms with E-state index < -0.39 is 0 Å². The number of nitrogen functional groups attached to an aromatic ring is 2. The molecule has 160 valence electrons. The number of aryl methyl sites for hydroxylation is 1. The number of nitrogens with zero attached hydrogens (tertiary/aromatic N) is 2. The number of hydrogen-bond acceptors (Lipinski definition) is 8. The van der Waals surface area contributed by atoms with Gasteiger partial charge in [0, 0.05) is 16.5 Å². The van der Waals surface area contributed by atoms with Crippen LogP contribution < -0.4 is 20.9 Å². The topological polar surface area (TPSA) is 124 Å². The van der Waals surface area contributed by atoms with Crippen LogP contribution in [0.25, 0.3) is 21.3 Å². The molecule has 0 saturated carbocycles. The first-order chi connectivity index (χ1) is 15.4. The molecular weight excluding hydrogens is 424 g/mol. The van der Waals surface area contributed by atoms with Gasteiger partial charge in [-0.3, -0.25) is 4.79 Å². The van der Waals surface area contributed by atoms with E-state index in [9.17, 15) is 10.1 Å². The van der Waals surface area contributed by atoms with Crippen molar-refractivity contribution in [2.24, 2.45) is 0 Å². The van der Waals surface area contributed by atoms with Crippen LogP contribution in [0.3, 0.4) is 0 Å². The Balaban J connectivity index is 1.95. The number of thiophene rings is 1. The van der Waals surface area contributed by atoms with Gasteiger partial charge in [0.15, 0.2) is 11.5 Å². The SMILES string of the molecule is COc1ccc(C(=O)c2sc3nc(N)c(C#N)c(-c4ccc(C)cc4)c3c2N)cc1OC. The molecule has 0 aliphatic heterocycles. The zero-order valence-corrected chi connectivity index (χ0v) is 18.5. The summed E-state index contributed by atoms with van der Waals surface area (Å²) in [7, 11) is 3.03. The van der Waals surface area contributed by atoms with Gasteiger partial charge in [0.25, 0.3) is 0 Å². The Labute approximate surface area is 188 Å². The zero-order chi connectivity index (χ0) is 23.0. The number of nitrogens with two attached hydrogens (primary N) is 2. The molecule has 2 aromatic heterocycles. The minimum atomic E-state index is -0.279. The molecule has 32 heavy (non-hydrogen) atoms. The Morgan fingerprint density at radius 1 is 1.06 bits per heavy atom. The molecule has 0 atom stereocenters. The Kier molecular flexibility index (Phi) is 5.43. The van der Waals surface area contributed by atoms with Gasteiger partial charge in [0.2, 0.25) is 5.78 Å². The van der Waals surface area contributed by atoms with Crippen LogP contribution in [0.4, 0.5) is 11.5 Å². The molecule has 4 rings (SSSR count). The van der Waals surface area contributed by atoms with E-state index in [0.29, 0.717) is 37.7 Å². The molecule has 0 saturated heterocycles. The predicted molar refractivity (Wildman–Crippen MR) is 126 cm³/mol. The molecule has 0 bridgehead atoms. The fourth-order valence-electron chi connectivity index (χ4n) is 3.57. The van der Waals surface area contributed by atoms with Gasteiger partial charge < -0.3 is 20.9 Å². The molecule has 0 radical (unpaired) electrons. The Morgan fingerprint density at radius 3 is 2.38 bits per heavy atom. The molecule has 0 fully saturated rings. The van der Waals surface area contributed by atoms with Crippen LogP contribution in [0.1, 0.15) is 26.4 Å². The Bertz CT molecular complexity index is 1400. The summed E-state index contributed by atoms with van der Waals surface area (Å²) in [6.45, 7) is 1.98. The Morgan fingerprint density at radius 2 is 1.75 bits per heavy atom. The van der Waals surface area contributed by atoms with Gasteiger partial charge in [0.05, 0.1) is 19.9 Å². The second kappa shape index (κ2) is 8.21. The number of nitriles is 1. The minimum Gasteiger partial charge on any atom is -0.493 e. The van der Waals surface area contributed by atoms with Crippen LogP contribution in [-0.4, -0.2) is 25.0 Å². The van der Waals surface area contributed by atoms with E-state index in [-0.39, 0.29) is 22.9 Å².